The number of Topliss-reactive ketones (excluding diaryl/α,β-unsaturated/α-hetero) is 1. The highest BCUT2D eigenvalue weighted by molar-refractivity contribution is 6.30. The molecular weight excluding hydrogens is 422 g/mol. The summed E-state index contributed by atoms with van der Waals surface area (Å²) < 4.78 is 2.83. The number of aryl methyl sites for hydroxylation is 1. The molecule has 162 valence electrons. The van der Waals surface area contributed by atoms with Crippen LogP contribution in [0.15, 0.2) is 83.7 Å². The molecule has 0 aliphatic rings. The Morgan fingerprint density at radius 3 is 2.31 bits per heavy atom. The first kappa shape index (κ1) is 21.8. The third-order valence-corrected chi connectivity index (χ3v) is 5.69. The monoisotopic (exact) mass is 445 g/mol. The Morgan fingerprint density at radius 2 is 1.59 bits per heavy atom. The fourth-order valence-electron chi connectivity index (χ4n) is 3.80. The van der Waals surface area contributed by atoms with E-state index in [1.807, 2.05) is 55.5 Å². The van der Waals surface area contributed by atoms with Crippen LogP contribution in [0.3, 0.4) is 0 Å². The fraction of sp³-hybridized carbons (Fsp3) is 0.192. The van der Waals surface area contributed by atoms with Gasteiger partial charge >= 0.3 is 5.69 Å². The third kappa shape index (κ3) is 4.73. The topological polar surface area (TPSA) is 56.9 Å². The molecule has 6 heteroatoms. The van der Waals surface area contributed by atoms with E-state index in [4.69, 9.17) is 11.6 Å². The maximum Gasteiger partial charge on any atom is 0.346 e. The maximum atomic E-state index is 12.8. The van der Waals surface area contributed by atoms with E-state index in [2.05, 4.69) is 23.3 Å². The summed E-state index contributed by atoms with van der Waals surface area (Å²) in [5.41, 5.74) is 3.87. The summed E-state index contributed by atoms with van der Waals surface area (Å²) in [6.45, 7) is 2.31. The smallest absolute Gasteiger partial charge is 0.298 e. The molecule has 32 heavy (non-hydrogen) atoms. The molecule has 1 heterocycles. The van der Waals surface area contributed by atoms with Gasteiger partial charge in [-0.1, -0.05) is 66.2 Å². The first-order chi connectivity index (χ1) is 15.6. The van der Waals surface area contributed by atoms with E-state index in [-0.39, 0.29) is 18.0 Å². The number of nitrogens with zero attached hydrogens (tertiary/aromatic N) is 3. The molecule has 0 atom stereocenters. The van der Waals surface area contributed by atoms with Crippen molar-refractivity contribution >= 4 is 17.4 Å². The Hall–Kier alpha value is -3.44. The van der Waals surface area contributed by atoms with E-state index in [1.165, 1.54) is 4.68 Å². The van der Waals surface area contributed by atoms with E-state index in [9.17, 15) is 9.59 Å². The molecule has 0 amide bonds. The van der Waals surface area contributed by atoms with Crippen molar-refractivity contribution in [2.75, 3.05) is 0 Å². The van der Waals surface area contributed by atoms with Crippen LogP contribution >= 0.6 is 11.6 Å². The molecule has 4 rings (SSSR count). The zero-order valence-electron chi connectivity index (χ0n) is 17.9. The van der Waals surface area contributed by atoms with Gasteiger partial charge in [0.05, 0.1) is 0 Å². The fourth-order valence-corrected chi connectivity index (χ4v) is 3.93. The van der Waals surface area contributed by atoms with Crippen LogP contribution in [-0.4, -0.2) is 20.1 Å². The van der Waals surface area contributed by atoms with Gasteiger partial charge in [-0.2, -0.15) is 0 Å². The molecule has 1 aromatic heterocycles. The largest absolute Gasteiger partial charge is 0.346 e. The van der Waals surface area contributed by atoms with Crippen LogP contribution in [-0.2, 0) is 24.3 Å². The molecule has 0 aliphatic carbocycles. The zero-order chi connectivity index (χ0) is 22.5. The van der Waals surface area contributed by atoms with Gasteiger partial charge in [0.1, 0.15) is 6.54 Å². The number of aromatic nitrogens is 3. The summed E-state index contributed by atoms with van der Waals surface area (Å²) in [5.74, 6) is 0.509. The van der Waals surface area contributed by atoms with E-state index in [0.717, 1.165) is 22.3 Å². The molecule has 0 unspecified atom stereocenters. The van der Waals surface area contributed by atoms with E-state index < -0.39 is 0 Å². The third-order valence-electron chi connectivity index (χ3n) is 5.44. The lowest BCUT2D eigenvalue weighted by Gasteiger charge is -2.09. The molecule has 0 fully saturated rings. The van der Waals surface area contributed by atoms with Crippen LogP contribution < -0.4 is 5.69 Å². The number of halogens is 1. The first-order valence-electron chi connectivity index (χ1n) is 10.7. The van der Waals surface area contributed by atoms with Gasteiger partial charge in [-0.25, -0.2) is 9.48 Å². The number of carbonyl (C=O) groups is 1. The lowest BCUT2D eigenvalue weighted by Crippen LogP contribution is -2.27. The summed E-state index contributed by atoms with van der Waals surface area (Å²) in [5, 5.41) is 5.06. The van der Waals surface area contributed by atoms with E-state index >= 15 is 0 Å². The lowest BCUT2D eigenvalue weighted by atomic mass is 9.96. The van der Waals surface area contributed by atoms with E-state index in [1.54, 1.807) is 16.7 Å². The molecule has 0 saturated carbocycles. The Kier molecular flexibility index (Phi) is 6.66. The van der Waals surface area contributed by atoms with E-state index in [0.29, 0.717) is 30.2 Å². The van der Waals surface area contributed by atoms with Gasteiger partial charge in [0.2, 0.25) is 0 Å². The van der Waals surface area contributed by atoms with Crippen molar-refractivity contribution < 1.29 is 4.79 Å². The van der Waals surface area contributed by atoms with Crippen molar-refractivity contribution in [3.05, 3.63) is 99.9 Å². The number of ketones is 1. The quantitative estimate of drug-likeness (QED) is 0.372. The highest BCUT2D eigenvalue weighted by atomic mass is 35.5. The molecule has 4 aromatic rings. The summed E-state index contributed by atoms with van der Waals surface area (Å²) in [6, 6.07) is 25.4. The minimum Gasteiger partial charge on any atom is -0.298 e. The normalized spacial score (nSPS) is 10.9. The summed E-state index contributed by atoms with van der Waals surface area (Å²) in [6.07, 6.45) is 0.947. The Morgan fingerprint density at radius 1 is 0.906 bits per heavy atom. The second kappa shape index (κ2) is 9.79. The number of hydrogen-bond donors (Lipinski definition) is 0. The number of carbonyl (C=O) groups excluding carboxylic acids is 1. The van der Waals surface area contributed by atoms with Gasteiger partial charge in [0.25, 0.3) is 0 Å². The van der Waals surface area contributed by atoms with Crippen molar-refractivity contribution in [3.8, 4) is 22.5 Å². The van der Waals surface area contributed by atoms with Crippen LogP contribution in [0.2, 0.25) is 5.02 Å². The molecule has 0 radical (unpaired) electrons. The van der Waals surface area contributed by atoms with Crippen molar-refractivity contribution in [2.45, 2.75) is 32.9 Å². The van der Waals surface area contributed by atoms with Crippen LogP contribution in [0, 0.1) is 0 Å². The first-order valence-corrected chi connectivity index (χ1v) is 11.0. The SMILES string of the molecule is CCn1c(-c2ccc(Cl)cc2)nn(CC(=O)CCc2ccccc2-c2ccccc2)c1=O. The number of benzene rings is 3. The summed E-state index contributed by atoms with van der Waals surface area (Å²) in [4.78, 5) is 25.5. The number of hydrogen-bond acceptors (Lipinski definition) is 3. The van der Waals surface area contributed by atoms with Crippen molar-refractivity contribution in [3.63, 3.8) is 0 Å². The van der Waals surface area contributed by atoms with Gasteiger partial charge < -0.3 is 0 Å². The van der Waals surface area contributed by atoms with Gasteiger partial charge in [0.15, 0.2) is 11.6 Å². The second-order valence-corrected chi connectivity index (χ2v) is 8.01. The molecule has 5 nitrogen and oxygen atoms in total. The predicted molar refractivity (Wildman–Crippen MR) is 128 cm³/mol. The molecule has 0 spiro atoms. The number of rotatable bonds is 8. The minimum atomic E-state index is -0.282. The van der Waals surface area contributed by atoms with Crippen molar-refractivity contribution in [2.24, 2.45) is 0 Å². The molecule has 3 aromatic carbocycles. The Labute approximate surface area is 191 Å². The molecule has 0 bridgehead atoms. The van der Waals surface area contributed by atoms with Crippen LogP contribution in [0.4, 0.5) is 0 Å². The second-order valence-electron chi connectivity index (χ2n) is 7.58. The average Bonchev–Trinajstić information content (AvgIpc) is 3.14. The van der Waals surface area contributed by atoms with Gasteiger partial charge in [-0.05, 0) is 54.3 Å². The van der Waals surface area contributed by atoms with Gasteiger partial charge in [-0.15, -0.1) is 5.10 Å². The minimum absolute atomic E-state index is 0.0293. The van der Waals surface area contributed by atoms with Gasteiger partial charge in [0, 0.05) is 23.6 Å². The molecule has 0 saturated heterocycles. The molecule has 0 aliphatic heterocycles. The van der Waals surface area contributed by atoms with Crippen molar-refractivity contribution in [1.29, 1.82) is 0 Å². The van der Waals surface area contributed by atoms with Crippen molar-refractivity contribution in [1.82, 2.24) is 14.3 Å². The standard InChI is InChI=1S/C26H24ClN3O2/c1-2-29-25(21-12-15-22(27)16-13-21)28-30(26(29)32)18-23(31)17-14-20-10-6-7-11-24(20)19-8-4-3-5-9-19/h3-13,15-16H,2,14,17-18H2,1H3. The maximum absolute atomic E-state index is 12.8. The van der Waals surface area contributed by atoms with Gasteiger partial charge in [-0.3, -0.25) is 9.36 Å². The summed E-state index contributed by atoms with van der Waals surface area (Å²) >= 11 is 5.97. The van der Waals surface area contributed by atoms with Crippen LogP contribution in [0.5, 0.6) is 0 Å². The highest BCUT2D eigenvalue weighted by Gasteiger charge is 2.16. The highest BCUT2D eigenvalue weighted by Crippen LogP contribution is 2.24. The molecule has 0 N–H and O–H groups in total. The molecular formula is C26H24ClN3O2. The van der Waals surface area contributed by atoms with Crippen LogP contribution in [0.1, 0.15) is 18.9 Å². The average molecular weight is 446 g/mol. The zero-order valence-corrected chi connectivity index (χ0v) is 18.6. The summed E-state index contributed by atoms with van der Waals surface area (Å²) in [7, 11) is 0. The Bertz CT molecular complexity index is 1270. The lowest BCUT2D eigenvalue weighted by molar-refractivity contribution is -0.119. The Balaban J connectivity index is 1.50. The van der Waals surface area contributed by atoms with Crippen LogP contribution in [0.25, 0.3) is 22.5 Å². The predicted octanol–water partition coefficient (Wildman–Crippen LogP) is 5.25.